The number of carbonyl (C=O) groups is 1. The molecular weight excluding hydrogens is 382 g/mol. The van der Waals surface area contributed by atoms with E-state index in [1.807, 2.05) is 24.3 Å². The summed E-state index contributed by atoms with van der Waals surface area (Å²) in [4.78, 5) is 15.1. The maximum atomic E-state index is 12.7. The van der Waals surface area contributed by atoms with Crippen LogP contribution in [-0.2, 0) is 11.3 Å². The van der Waals surface area contributed by atoms with Crippen LogP contribution in [0.2, 0.25) is 0 Å². The minimum atomic E-state index is -0.00860. The molecule has 160 valence electrons. The highest BCUT2D eigenvalue weighted by Gasteiger charge is 2.24. The molecule has 4 rings (SSSR count). The first-order chi connectivity index (χ1) is 15.2. The number of nitrogens with zero attached hydrogens (tertiary/aromatic N) is 1. The van der Waals surface area contributed by atoms with Crippen molar-refractivity contribution in [2.75, 3.05) is 19.6 Å². The second-order valence-electron chi connectivity index (χ2n) is 8.41. The van der Waals surface area contributed by atoms with Crippen molar-refractivity contribution in [1.82, 2.24) is 15.5 Å². The van der Waals surface area contributed by atoms with Crippen molar-refractivity contribution in [3.05, 3.63) is 107 Å². The Kier molecular flexibility index (Phi) is 7.13. The Bertz CT molecular complexity index is 957. The van der Waals surface area contributed by atoms with Gasteiger partial charge in [-0.15, -0.1) is 0 Å². The first-order valence-corrected chi connectivity index (χ1v) is 11.1. The van der Waals surface area contributed by atoms with E-state index >= 15 is 0 Å². The van der Waals surface area contributed by atoms with Gasteiger partial charge < -0.3 is 5.32 Å². The van der Waals surface area contributed by atoms with Crippen LogP contribution >= 0.6 is 0 Å². The largest absolute Gasteiger partial charge is 0.351 e. The molecule has 0 saturated carbocycles. The van der Waals surface area contributed by atoms with Crippen LogP contribution in [0.1, 0.15) is 34.7 Å². The molecule has 1 aliphatic heterocycles. The first kappa shape index (κ1) is 21.3. The van der Waals surface area contributed by atoms with Crippen LogP contribution in [0.15, 0.2) is 84.9 Å². The lowest BCUT2D eigenvalue weighted by atomic mass is 9.98. The average molecular weight is 414 g/mol. The quantitative estimate of drug-likeness (QED) is 0.585. The molecule has 4 heteroatoms. The lowest BCUT2D eigenvalue weighted by molar-refractivity contribution is -0.120. The molecule has 0 bridgehead atoms. The van der Waals surface area contributed by atoms with Crippen LogP contribution in [-0.4, -0.2) is 36.5 Å². The van der Waals surface area contributed by atoms with E-state index in [1.165, 1.54) is 16.7 Å². The topological polar surface area (TPSA) is 44.4 Å². The Morgan fingerprint density at radius 2 is 1.58 bits per heavy atom. The summed E-state index contributed by atoms with van der Waals surface area (Å²) in [5, 5.41) is 6.69. The zero-order chi connectivity index (χ0) is 21.5. The number of benzene rings is 3. The Morgan fingerprint density at radius 1 is 0.935 bits per heavy atom. The van der Waals surface area contributed by atoms with Crippen LogP contribution < -0.4 is 10.6 Å². The van der Waals surface area contributed by atoms with Gasteiger partial charge in [0.2, 0.25) is 5.91 Å². The summed E-state index contributed by atoms with van der Waals surface area (Å²) < 4.78 is 0. The zero-order valence-corrected chi connectivity index (χ0v) is 18.1. The highest BCUT2D eigenvalue weighted by atomic mass is 16.2. The molecule has 0 radical (unpaired) electrons. The molecule has 1 heterocycles. The predicted molar refractivity (Wildman–Crippen MR) is 126 cm³/mol. The van der Waals surface area contributed by atoms with Crippen LogP contribution in [0.25, 0.3) is 0 Å². The van der Waals surface area contributed by atoms with Crippen LogP contribution in [0.3, 0.4) is 0 Å². The molecule has 1 aliphatic rings. The van der Waals surface area contributed by atoms with Gasteiger partial charge in [0, 0.05) is 25.7 Å². The van der Waals surface area contributed by atoms with Gasteiger partial charge in [-0.25, -0.2) is 0 Å². The van der Waals surface area contributed by atoms with Crippen molar-refractivity contribution in [3.8, 4) is 0 Å². The molecule has 2 N–H and O–H groups in total. The summed E-state index contributed by atoms with van der Waals surface area (Å²) in [7, 11) is 0. The highest BCUT2D eigenvalue weighted by molar-refractivity contribution is 5.78. The molecular formula is C27H31N3O. The molecule has 0 unspecified atom stereocenters. The van der Waals surface area contributed by atoms with Gasteiger partial charge in [-0.1, -0.05) is 90.5 Å². The Hall–Kier alpha value is -2.95. The van der Waals surface area contributed by atoms with E-state index in [4.69, 9.17) is 0 Å². The number of likely N-dealkylation sites (tertiary alicyclic amines) is 1. The van der Waals surface area contributed by atoms with Gasteiger partial charge in [-0.2, -0.15) is 0 Å². The maximum Gasteiger partial charge on any atom is 0.234 e. The summed E-state index contributed by atoms with van der Waals surface area (Å²) in [6.45, 7) is 5.24. The lowest BCUT2D eigenvalue weighted by Gasteiger charge is -2.21. The van der Waals surface area contributed by atoms with Crippen LogP contribution in [0, 0.1) is 6.92 Å². The molecule has 31 heavy (non-hydrogen) atoms. The zero-order valence-electron chi connectivity index (χ0n) is 18.1. The number of amides is 1. The van der Waals surface area contributed by atoms with Gasteiger partial charge in [-0.05, 0) is 30.0 Å². The van der Waals surface area contributed by atoms with Crippen LogP contribution in [0.4, 0.5) is 0 Å². The van der Waals surface area contributed by atoms with Crippen LogP contribution in [0.5, 0.6) is 0 Å². The average Bonchev–Trinajstić information content (AvgIpc) is 3.23. The Balaban J connectivity index is 1.31. The van der Waals surface area contributed by atoms with Crippen molar-refractivity contribution < 1.29 is 4.79 Å². The summed E-state index contributed by atoms with van der Waals surface area (Å²) >= 11 is 0. The van der Waals surface area contributed by atoms with Gasteiger partial charge in [0.25, 0.3) is 0 Å². The third-order valence-corrected chi connectivity index (χ3v) is 5.90. The normalized spacial score (nSPS) is 17.4. The van der Waals surface area contributed by atoms with Crippen molar-refractivity contribution in [1.29, 1.82) is 0 Å². The smallest absolute Gasteiger partial charge is 0.234 e. The van der Waals surface area contributed by atoms with Gasteiger partial charge in [-0.3, -0.25) is 15.0 Å². The Morgan fingerprint density at radius 3 is 2.29 bits per heavy atom. The molecule has 0 aromatic heterocycles. The maximum absolute atomic E-state index is 12.7. The molecule has 3 aromatic rings. The second kappa shape index (κ2) is 10.4. The molecule has 3 aromatic carbocycles. The third kappa shape index (κ3) is 6.03. The van der Waals surface area contributed by atoms with E-state index < -0.39 is 0 Å². The number of rotatable bonds is 8. The fourth-order valence-corrected chi connectivity index (χ4v) is 4.24. The van der Waals surface area contributed by atoms with E-state index in [-0.39, 0.29) is 18.0 Å². The van der Waals surface area contributed by atoms with Gasteiger partial charge in [0.05, 0.1) is 12.6 Å². The predicted octanol–water partition coefficient (Wildman–Crippen LogP) is 4.06. The van der Waals surface area contributed by atoms with Gasteiger partial charge in [0.15, 0.2) is 0 Å². The summed E-state index contributed by atoms with van der Waals surface area (Å²) in [6, 6.07) is 29.5. The second-order valence-corrected chi connectivity index (χ2v) is 8.41. The van der Waals surface area contributed by atoms with E-state index in [0.29, 0.717) is 6.54 Å². The minimum absolute atomic E-state index is 0.00860. The number of carbonyl (C=O) groups excluding carboxylic acids is 1. The summed E-state index contributed by atoms with van der Waals surface area (Å²) in [5.41, 5.74) is 4.88. The molecule has 0 aliphatic carbocycles. The fourth-order valence-electron chi connectivity index (χ4n) is 4.24. The van der Waals surface area contributed by atoms with E-state index in [2.05, 4.69) is 83.1 Å². The fraction of sp³-hybridized carbons (Fsp3) is 0.296. The van der Waals surface area contributed by atoms with Crippen molar-refractivity contribution in [3.63, 3.8) is 0 Å². The number of aryl methyl sites for hydroxylation is 1. The number of nitrogens with one attached hydrogen (secondary N) is 2. The van der Waals surface area contributed by atoms with Crippen molar-refractivity contribution in [2.24, 2.45) is 0 Å². The molecule has 1 saturated heterocycles. The minimum Gasteiger partial charge on any atom is -0.351 e. The summed E-state index contributed by atoms with van der Waals surface area (Å²) in [5.74, 6) is 0.0552. The number of hydrogen-bond donors (Lipinski definition) is 2. The molecule has 1 fully saturated rings. The van der Waals surface area contributed by atoms with Crippen molar-refractivity contribution >= 4 is 5.91 Å². The highest BCUT2D eigenvalue weighted by Crippen LogP contribution is 2.22. The standard InChI is InChI=1S/C27H31N3O/c1-21-12-14-24(15-13-21)27(23-10-6-3-7-11-23)28-18-26(31)29-25-16-17-30(20-25)19-22-8-4-2-5-9-22/h2-15,25,27-28H,16-20H2,1H3,(H,29,31)/t25-,27-/m1/s1. The van der Waals surface area contributed by atoms with Crippen molar-refractivity contribution in [2.45, 2.75) is 32.0 Å². The SMILES string of the molecule is Cc1ccc([C@H](NCC(=O)N[C@@H]2CCN(Cc3ccccc3)C2)c2ccccc2)cc1. The molecule has 1 amide bonds. The monoisotopic (exact) mass is 413 g/mol. The van der Waals surface area contributed by atoms with E-state index in [1.54, 1.807) is 0 Å². The van der Waals surface area contributed by atoms with Gasteiger partial charge in [0.1, 0.15) is 0 Å². The van der Waals surface area contributed by atoms with Gasteiger partial charge >= 0.3 is 0 Å². The molecule has 0 spiro atoms. The lowest BCUT2D eigenvalue weighted by Crippen LogP contribution is -2.42. The first-order valence-electron chi connectivity index (χ1n) is 11.1. The Labute approximate surface area is 185 Å². The number of hydrogen-bond acceptors (Lipinski definition) is 3. The van der Waals surface area contributed by atoms with E-state index in [9.17, 15) is 4.79 Å². The molecule has 4 nitrogen and oxygen atoms in total. The third-order valence-electron chi connectivity index (χ3n) is 5.90. The van der Waals surface area contributed by atoms with E-state index in [0.717, 1.165) is 31.6 Å². The summed E-state index contributed by atoms with van der Waals surface area (Å²) in [6.07, 6.45) is 0.999. The molecule has 2 atom stereocenters.